The molecular formula is C21H25FN4O4. The second-order valence-electron chi connectivity index (χ2n) is 6.91. The monoisotopic (exact) mass is 416 g/mol. The van der Waals surface area contributed by atoms with Crippen molar-refractivity contribution in [1.82, 2.24) is 20.3 Å². The van der Waals surface area contributed by atoms with E-state index in [2.05, 4.69) is 15.6 Å². The highest BCUT2D eigenvalue weighted by atomic mass is 19.1. The number of ether oxygens (including phenoxy) is 1. The Morgan fingerprint density at radius 3 is 2.60 bits per heavy atom. The summed E-state index contributed by atoms with van der Waals surface area (Å²) in [6, 6.07) is 15.3. The van der Waals surface area contributed by atoms with E-state index in [1.165, 1.54) is 18.3 Å². The molecule has 1 aromatic heterocycles. The molecule has 9 heteroatoms. The lowest BCUT2D eigenvalue weighted by Gasteiger charge is -2.29. The van der Waals surface area contributed by atoms with E-state index < -0.39 is 30.5 Å². The van der Waals surface area contributed by atoms with Crippen molar-refractivity contribution >= 4 is 0 Å². The SMILES string of the molecule is CC(CO)O[C@@H](NCc1ccccc1)[C@@H](O)[C@@H](O)n1cc(-c2cccc(F)c2)nn1. The van der Waals surface area contributed by atoms with Crippen LogP contribution in [0.4, 0.5) is 4.39 Å². The summed E-state index contributed by atoms with van der Waals surface area (Å²) < 4.78 is 20.2. The van der Waals surface area contributed by atoms with E-state index in [1.807, 2.05) is 30.3 Å². The van der Waals surface area contributed by atoms with E-state index in [0.717, 1.165) is 10.2 Å². The number of aromatic nitrogens is 3. The van der Waals surface area contributed by atoms with Crippen LogP contribution < -0.4 is 5.32 Å². The van der Waals surface area contributed by atoms with Crippen molar-refractivity contribution in [1.29, 1.82) is 0 Å². The summed E-state index contributed by atoms with van der Waals surface area (Å²) in [6.45, 7) is 1.77. The summed E-state index contributed by atoms with van der Waals surface area (Å²) in [5.41, 5.74) is 1.80. The average Bonchev–Trinajstić information content (AvgIpc) is 3.26. The Morgan fingerprint density at radius 2 is 1.90 bits per heavy atom. The molecule has 0 saturated heterocycles. The predicted molar refractivity (Wildman–Crippen MR) is 107 cm³/mol. The number of aliphatic hydroxyl groups is 3. The first-order chi connectivity index (χ1) is 14.5. The zero-order valence-corrected chi connectivity index (χ0v) is 16.5. The highest BCUT2D eigenvalue weighted by Crippen LogP contribution is 2.20. The number of halogens is 1. The summed E-state index contributed by atoms with van der Waals surface area (Å²) in [6.07, 6.45) is -3.07. The lowest BCUT2D eigenvalue weighted by atomic mass is 10.1. The van der Waals surface area contributed by atoms with Gasteiger partial charge in [-0.2, -0.15) is 0 Å². The lowest BCUT2D eigenvalue weighted by molar-refractivity contribution is -0.153. The lowest BCUT2D eigenvalue weighted by Crippen LogP contribution is -2.48. The minimum Gasteiger partial charge on any atom is -0.394 e. The minimum absolute atomic E-state index is 0.251. The van der Waals surface area contributed by atoms with E-state index in [0.29, 0.717) is 17.8 Å². The summed E-state index contributed by atoms with van der Waals surface area (Å²) in [5.74, 6) is -0.417. The number of hydrogen-bond acceptors (Lipinski definition) is 7. The van der Waals surface area contributed by atoms with Gasteiger partial charge in [0.25, 0.3) is 0 Å². The Balaban J connectivity index is 1.73. The average molecular weight is 416 g/mol. The van der Waals surface area contributed by atoms with Gasteiger partial charge < -0.3 is 20.1 Å². The second-order valence-corrected chi connectivity index (χ2v) is 6.91. The van der Waals surface area contributed by atoms with Crippen molar-refractivity contribution in [3.63, 3.8) is 0 Å². The van der Waals surface area contributed by atoms with Gasteiger partial charge in [0.05, 0.1) is 18.9 Å². The Morgan fingerprint density at radius 1 is 1.13 bits per heavy atom. The van der Waals surface area contributed by atoms with Crippen molar-refractivity contribution in [2.24, 2.45) is 0 Å². The van der Waals surface area contributed by atoms with Gasteiger partial charge >= 0.3 is 0 Å². The van der Waals surface area contributed by atoms with Crippen LogP contribution in [0.25, 0.3) is 11.3 Å². The first-order valence-electron chi connectivity index (χ1n) is 9.55. The van der Waals surface area contributed by atoms with Crippen molar-refractivity contribution < 1.29 is 24.4 Å². The fourth-order valence-corrected chi connectivity index (χ4v) is 2.86. The summed E-state index contributed by atoms with van der Waals surface area (Å²) in [7, 11) is 0. The zero-order chi connectivity index (χ0) is 21.5. The largest absolute Gasteiger partial charge is 0.394 e. The smallest absolute Gasteiger partial charge is 0.178 e. The van der Waals surface area contributed by atoms with E-state index >= 15 is 0 Å². The third-order valence-electron chi connectivity index (χ3n) is 4.50. The molecular weight excluding hydrogens is 391 g/mol. The molecule has 0 bridgehead atoms. The zero-order valence-electron chi connectivity index (χ0n) is 16.5. The molecule has 0 aliphatic heterocycles. The molecule has 0 spiro atoms. The summed E-state index contributed by atoms with van der Waals surface area (Å²) >= 11 is 0. The molecule has 0 radical (unpaired) electrons. The maximum atomic E-state index is 13.4. The van der Waals surface area contributed by atoms with Gasteiger partial charge in [0.2, 0.25) is 0 Å². The van der Waals surface area contributed by atoms with Crippen LogP contribution in [-0.4, -0.2) is 55.4 Å². The number of nitrogens with one attached hydrogen (secondary N) is 1. The molecule has 8 nitrogen and oxygen atoms in total. The van der Waals surface area contributed by atoms with Gasteiger partial charge in [-0.05, 0) is 24.6 Å². The van der Waals surface area contributed by atoms with Gasteiger partial charge in [-0.3, -0.25) is 5.32 Å². The van der Waals surface area contributed by atoms with Crippen LogP contribution in [0.2, 0.25) is 0 Å². The fourth-order valence-electron chi connectivity index (χ4n) is 2.86. The van der Waals surface area contributed by atoms with Crippen molar-refractivity contribution in [3.8, 4) is 11.3 Å². The molecule has 4 N–H and O–H groups in total. The van der Waals surface area contributed by atoms with Crippen LogP contribution >= 0.6 is 0 Å². The van der Waals surface area contributed by atoms with Crippen molar-refractivity contribution in [2.75, 3.05) is 6.61 Å². The van der Waals surface area contributed by atoms with Crippen LogP contribution in [0.1, 0.15) is 18.7 Å². The molecule has 1 unspecified atom stereocenters. The Kier molecular flexibility index (Phi) is 7.61. The summed E-state index contributed by atoms with van der Waals surface area (Å²) in [5, 5.41) is 41.4. The van der Waals surface area contributed by atoms with Crippen LogP contribution in [0, 0.1) is 5.82 Å². The van der Waals surface area contributed by atoms with Gasteiger partial charge in [-0.1, -0.05) is 47.7 Å². The molecule has 4 atom stereocenters. The topological polar surface area (TPSA) is 113 Å². The minimum atomic E-state index is -1.49. The Labute approximate surface area is 173 Å². The van der Waals surface area contributed by atoms with Crippen LogP contribution in [-0.2, 0) is 11.3 Å². The first-order valence-corrected chi connectivity index (χ1v) is 9.55. The molecule has 0 saturated carbocycles. The highest BCUT2D eigenvalue weighted by molar-refractivity contribution is 5.57. The molecule has 1 heterocycles. The van der Waals surface area contributed by atoms with Crippen molar-refractivity contribution in [2.45, 2.75) is 38.1 Å². The number of nitrogens with zero attached hydrogens (tertiary/aromatic N) is 3. The molecule has 0 aliphatic rings. The van der Waals surface area contributed by atoms with Crippen LogP contribution in [0.3, 0.4) is 0 Å². The number of benzene rings is 2. The van der Waals surface area contributed by atoms with Gasteiger partial charge in [0, 0.05) is 12.1 Å². The predicted octanol–water partition coefficient (Wildman–Crippen LogP) is 1.45. The third kappa shape index (κ3) is 5.68. The van der Waals surface area contributed by atoms with Crippen LogP contribution in [0.5, 0.6) is 0 Å². The van der Waals surface area contributed by atoms with Gasteiger partial charge in [-0.25, -0.2) is 9.07 Å². The van der Waals surface area contributed by atoms with Crippen molar-refractivity contribution in [3.05, 3.63) is 72.2 Å². The summed E-state index contributed by atoms with van der Waals surface area (Å²) in [4.78, 5) is 0. The Bertz CT molecular complexity index is 924. The van der Waals surface area contributed by atoms with Crippen LogP contribution in [0.15, 0.2) is 60.8 Å². The maximum Gasteiger partial charge on any atom is 0.178 e. The van der Waals surface area contributed by atoms with E-state index in [9.17, 15) is 19.7 Å². The van der Waals surface area contributed by atoms with Gasteiger partial charge in [-0.15, -0.1) is 5.10 Å². The normalized spacial score (nSPS) is 15.5. The molecule has 0 aliphatic carbocycles. The molecule has 160 valence electrons. The molecule has 3 aromatic rings. The number of hydrogen-bond donors (Lipinski definition) is 4. The second kappa shape index (κ2) is 10.4. The highest BCUT2D eigenvalue weighted by Gasteiger charge is 2.30. The van der Waals surface area contributed by atoms with E-state index in [1.54, 1.807) is 19.1 Å². The quantitative estimate of drug-likeness (QED) is 0.370. The maximum absolute atomic E-state index is 13.4. The van der Waals surface area contributed by atoms with E-state index in [-0.39, 0.29) is 6.61 Å². The van der Waals surface area contributed by atoms with Gasteiger partial charge in [0.1, 0.15) is 23.8 Å². The number of rotatable bonds is 10. The molecule has 3 rings (SSSR count). The van der Waals surface area contributed by atoms with E-state index in [4.69, 9.17) is 4.74 Å². The van der Waals surface area contributed by atoms with Gasteiger partial charge in [0.15, 0.2) is 6.23 Å². The molecule has 2 aromatic carbocycles. The standard InChI is InChI=1S/C21H25FN4O4/c1-14(13-27)30-20(23-11-15-6-3-2-4-7-15)19(28)21(29)26-12-18(24-25-26)16-8-5-9-17(22)10-16/h2-10,12,14,19-21,23,27-29H,11,13H2,1H3/t14?,19-,20-,21-/m1/s1. The molecule has 30 heavy (non-hydrogen) atoms. The Hall–Kier alpha value is -2.69. The molecule has 0 fully saturated rings. The fraction of sp³-hybridized carbons (Fsp3) is 0.333. The first kappa shape index (κ1) is 22.0. The number of aliphatic hydroxyl groups excluding tert-OH is 3. The third-order valence-corrected chi connectivity index (χ3v) is 4.50. The molecule has 0 amide bonds.